The second-order valence-corrected chi connectivity index (χ2v) is 9.13. The Morgan fingerprint density at radius 3 is 2.63 bits per heavy atom. The van der Waals surface area contributed by atoms with E-state index >= 15 is 0 Å². The lowest BCUT2D eigenvalue weighted by atomic mass is 10.2. The van der Waals surface area contributed by atoms with Crippen LogP contribution in [0.15, 0.2) is 46.2 Å². The Labute approximate surface area is 178 Å². The Balaban J connectivity index is 1.64. The maximum atomic E-state index is 12.0. The van der Waals surface area contributed by atoms with E-state index in [9.17, 15) is 13.2 Å². The van der Waals surface area contributed by atoms with E-state index in [0.29, 0.717) is 28.7 Å². The van der Waals surface area contributed by atoms with E-state index in [1.54, 1.807) is 35.6 Å². The molecule has 0 spiro atoms. The van der Waals surface area contributed by atoms with Crippen molar-refractivity contribution in [3.05, 3.63) is 58.8 Å². The molecule has 0 atom stereocenters. The van der Waals surface area contributed by atoms with Gasteiger partial charge >= 0.3 is 5.97 Å². The van der Waals surface area contributed by atoms with Gasteiger partial charge in [-0.25, -0.2) is 9.71 Å². The summed E-state index contributed by atoms with van der Waals surface area (Å²) < 4.78 is 38.4. The molecular weight excluding hydrogens is 430 g/mol. The summed E-state index contributed by atoms with van der Waals surface area (Å²) in [6.45, 7) is 1.33. The number of carboxylic acids is 1. The largest absolute Gasteiger partial charge is 0.487 e. The van der Waals surface area contributed by atoms with Crippen LogP contribution in [0.3, 0.4) is 0 Å². The van der Waals surface area contributed by atoms with Gasteiger partial charge in [-0.2, -0.15) is 12.7 Å². The van der Waals surface area contributed by atoms with Gasteiger partial charge in [-0.1, -0.05) is 18.2 Å². The van der Waals surface area contributed by atoms with Crippen molar-refractivity contribution in [3.8, 4) is 16.5 Å². The fourth-order valence-electron chi connectivity index (χ4n) is 2.62. The van der Waals surface area contributed by atoms with Crippen molar-refractivity contribution in [3.63, 3.8) is 0 Å². The van der Waals surface area contributed by atoms with Crippen LogP contribution in [0.1, 0.15) is 17.0 Å². The highest BCUT2D eigenvalue weighted by atomic mass is 32.2. The molecule has 3 rings (SSSR count). The Bertz CT molecular complexity index is 1090. The van der Waals surface area contributed by atoms with Crippen LogP contribution in [0.4, 0.5) is 0 Å². The van der Waals surface area contributed by atoms with Crippen LogP contribution >= 0.6 is 11.3 Å². The minimum atomic E-state index is -3.88. The predicted octanol–water partition coefficient (Wildman–Crippen LogP) is 2.64. The highest BCUT2D eigenvalue weighted by Gasteiger charge is 2.23. The van der Waals surface area contributed by atoms with Gasteiger partial charge in [0.25, 0.3) is 10.2 Å². The Morgan fingerprint density at radius 1 is 1.30 bits per heavy atom. The maximum absolute atomic E-state index is 12.0. The van der Waals surface area contributed by atoms with E-state index in [1.165, 1.54) is 7.05 Å². The van der Waals surface area contributed by atoms with E-state index in [0.717, 1.165) is 9.18 Å². The number of ether oxygens (including phenoxy) is 1. The molecule has 2 heterocycles. The number of nitrogens with one attached hydrogen (secondary N) is 1. The van der Waals surface area contributed by atoms with Gasteiger partial charge in [-0.3, -0.25) is 4.79 Å². The van der Waals surface area contributed by atoms with Gasteiger partial charge in [0.15, 0.2) is 0 Å². The fraction of sp³-hybridized carbons (Fsp3) is 0.263. The third-order valence-corrected chi connectivity index (χ3v) is 6.50. The summed E-state index contributed by atoms with van der Waals surface area (Å²) in [4.78, 5) is 16.4. The number of nitrogens with zero attached hydrogens (tertiary/aromatic N) is 2. The topological polar surface area (TPSA) is 122 Å². The van der Waals surface area contributed by atoms with Crippen molar-refractivity contribution in [1.82, 2.24) is 14.0 Å². The highest BCUT2D eigenvalue weighted by Crippen LogP contribution is 2.26. The molecule has 0 amide bonds. The SMILES string of the molecule is CNS(=O)(=O)N(CC(=O)O)Cc1ccc(OCc2nc(-c3cccs3)oc2C)cc1. The molecule has 0 aliphatic rings. The van der Waals surface area contributed by atoms with Gasteiger partial charge in [0.2, 0.25) is 5.89 Å². The number of benzene rings is 1. The van der Waals surface area contributed by atoms with Crippen LogP contribution in [-0.2, 0) is 28.2 Å². The van der Waals surface area contributed by atoms with Crippen molar-refractivity contribution in [2.45, 2.75) is 20.1 Å². The van der Waals surface area contributed by atoms with Gasteiger partial charge in [0, 0.05) is 13.6 Å². The molecule has 0 fully saturated rings. The number of rotatable bonds is 10. The summed E-state index contributed by atoms with van der Waals surface area (Å²) in [7, 11) is -2.64. The third kappa shape index (κ3) is 5.45. The first kappa shape index (κ1) is 22.0. The summed E-state index contributed by atoms with van der Waals surface area (Å²) in [5.41, 5.74) is 1.32. The van der Waals surface area contributed by atoms with Crippen LogP contribution < -0.4 is 9.46 Å². The second kappa shape index (κ2) is 9.39. The van der Waals surface area contributed by atoms with Crippen LogP contribution in [0.5, 0.6) is 5.75 Å². The van der Waals surface area contributed by atoms with E-state index < -0.39 is 22.7 Å². The van der Waals surface area contributed by atoms with Crippen molar-refractivity contribution >= 4 is 27.5 Å². The summed E-state index contributed by atoms with van der Waals surface area (Å²) in [5.74, 6) is 0.566. The number of hydrogen-bond donors (Lipinski definition) is 2. The van der Waals surface area contributed by atoms with Crippen molar-refractivity contribution in [2.75, 3.05) is 13.6 Å². The number of aromatic nitrogens is 1. The Hall–Kier alpha value is -2.73. The molecule has 0 unspecified atom stereocenters. The van der Waals surface area contributed by atoms with Gasteiger partial charge in [-0.15, -0.1) is 11.3 Å². The van der Waals surface area contributed by atoms with Gasteiger partial charge in [-0.05, 0) is 36.1 Å². The molecule has 0 bridgehead atoms. The van der Waals surface area contributed by atoms with E-state index in [4.69, 9.17) is 14.3 Å². The first-order valence-electron chi connectivity index (χ1n) is 8.91. The number of carboxylic acid groups (broad SMARTS) is 1. The number of oxazole rings is 1. The zero-order valence-electron chi connectivity index (χ0n) is 16.4. The standard InChI is InChI=1S/C19H21N3O6S2/c1-13-16(21-19(28-13)17-4-3-9-29-17)12-27-15-7-5-14(6-8-15)10-22(11-18(23)24)30(25,26)20-2/h3-9,20H,10-12H2,1-2H3,(H,23,24). The third-order valence-electron chi connectivity index (χ3n) is 4.19. The smallest absolute Gasteiger partial charge is 0.318 e. The Kier molecular flexibility index (Phi) is 6.87. The van der Waals surface area contributed by atoms with E-state index in [1.807, 2.05) is 24.4 Å². The van der Waals surface area contributed by atoms with E-state index in [-0.39, 0.29) is 13.2 Å². The molecule has 160 valence electrons. The van der Waals surface area contributed by atoms with Gasteiger partial charge in [0.1, 0.15) is 30.4 Å². The molecule has 0 saturated heterocycles. The Morgan fingerprint density at radius 2 is 2.03 bits per heavy atom. The number of aryl methyl sites for hydroxylation is 1. The molecule has 30 heavy (non-hydrogen) atoms. The first-order chi connectivity index (χ1) is 14.3. The van der Waals surface area contributed by atoms with Crippen LogP contribution in [-0.4, -0.2) is 42.4 Å². The van der Waals surface area contributed by atoms with E-state index in [2.05, 4.69) is 9.71 Å². The lowest BCUT2D eigenvalue weighted by Crippen LogP contribution is -2.41. The van der Waals surface area contributed by atoms with Crippen LogP contribution in [0.2, 0.25) is 0 Å². The number of aliphatic carboxylic acids is 1. The molecule has 0 aliphatic heterocycles. The molecule has 11 heteroatoms. The normalized spacial score (nSPS) is 11.7. The summed E-state index contributed by atoms with van der Waals surface area (Å²) in [6, 6.07) is 10.6. The minimum Gasteiger partial charge on any atom is -0.487 e. The molecule has 2 N–H and O–H groups in total. The van der Waals surface area contributed by atoms with Gasteiger partial charge < -0.3 is 14.3 Å². The predicted molar refractivity (Wildman–Crippen MR) is 111 cm³/mol. The molecule has 0 aliphatic carbocycles. The molecule has 0 saturated carbocycles. The number of carbonyl (C=O) groups is 1. The molecular formula is C19H21N3O6S2. The molecule has 2 aromatic heterocycles. The zero-order valence-corrected chi connectivity index (χ0v) is 18.0. The summed E-state index contributed by atoms with van der Waals surface area (Å²) in [5, 5.41) is 10.9. The average molecular weight is 452 g/mol. The van der Waals surface area contributed by atoms with Crippen molar-refractivity contribution < 1.29 is 27.5 Å². The molecule has 9 nitrogen and oxygen atoms in total. The fourth-order valence-corrected chi connectivity index (χ4v) is 4.13. The monoisotopic (exact) mass is 451 g/mol. The maximum Gasteiger partial charge on any atom is 0.318 e. The molecule has 0 radical (unpaired) electrons. The second-order valence-electron chi connectivity index (χ2n) is 6.30. The lowest BCUT2D eigenvalue weighted by Gasteiger charge is -2.19. The highest BCUT2D eigenvalue weighted by molar-refractivity contribution is 7.87. The minimum absolute atomic E-state index is 0.0810. The zero-order chi connectivity index (χ0) is 21.7. The summed E-state index contributed by atoms with van der Waals surface area (Å²) in [6.07, 6.45) is 0. The number of thiophene rings is 1. The van der Waals surface area contributed by atoms with Crippen LogP contribution in [0.25, 0.3) is 10.8 Å². The van der Waals surface area contributed by atoms with Crippen molar-refractivity contribution in [2.24, 2.45) is 0 Å². The molecule has 3 aromatic rings. The van der Waals surface area contributed by atoms with Gasteiger partial charge in [0.05, 0.1) is 4.88 Å². The van der Waals surface area contributed by atoms with Crippen LogP contribution in [0, 0.1) is 6.92 Å². The number of hydrogen-bond acceptors (Lipinski definition) is 7. The quantitative estimate of drug-likeness (QED) is 0.486. The average Bonchev–Trinajstić information content (AvgIpc) is 3.36. The molecule has 1 aromatic carbocycles. The lowest BCUT2D eigenvalue weighted by molar-refractivity contribution is -0.137. The summed E-state index contributed by atoms with van der Waals surface area (Å²) >= 11 is 1.54. The van der Waals surface area contributed by atoms with Crippen molar-refractivity contribution in [1.29, 1.82) is 0 Å². The first-order valence-corrected chi connectivity index (χ1v) is 11.2.